The Morgan fingerprint density at radius 1 is 0.892 bits per heavy atom. The maximum Gasteiger partial charge on any atom is 0.322 e. The largest absolute Gasteiger partial charge is 0.492 e. The number of urea groups is 1. The summed E-state index contributed by atoms with van der Waals surface area (Å²) in [5, 5.41) is 2.94. The Kier molecular flexibility index (Phi) is 11.5. The molecule has 37 heavy (non-hydrogen) atoms. The van der Waals surface area contributed by atoms with Crippen LogP contribution in [0.15, 0.2) is 66.7 Å². The van der Waals surface area contributed by atoms with Crippen molar-refractivity contribution < 1.29 is 19.1 Å². The van der Waals surface area contributed by atoms with E-state index in [0.29, 0.717) is 57.3 Å². The van der Waals surface area contributed by atoms with Gasteiger partial charge in [-0.05, 0) is 57.0 Å². The fourth-order valence-electron chi connectivity index (χ4n) is 3.86. The molecule has 3 amide bonds. The molecule has 2 aromatic carbocycles. The molecule has 7 nitrogen and oxygen atoms in total. The second-order valence-corrected chi connectivity index (χ2v) is 9.95. The van der Waals surface area contributed by atoms with E-state index >= 15 is 0 Å². The fourth-order valence-corrected chi connectivity index (χ4v) is 4.76. The van der Waals surface area contributed by atoms with Crippen LogP contribution >= 0.6 is 11.3 Å². The lowest BCUT2D eigenvalue weighted by Crippen LogP contribution is -2.44. The number of amides is 3. The van der Waals surface area contributed by atoms with E-state index in [4.69, 9.17) is 9.47 Å². The number of aryl methyl sites for hydroxylation is 1. The first-order valence-corrected chi connectivity index (χ1v) is 13.5. The number of benzene rings is 2. The number of hydrogen-bond donors (Lipinski definition) is 1. The number of anilines is 1. The highest BCUT2D eigenvalue weighted by molar-refractivity contribution is 7.11. The fraction of sp³-hybridized carbons (Fsp3) is 0.379. The van der Waals surface area contributed by atoms with Gasteiger partial charge in [-0.25, -0.2) is 4.79 Å². The Balaban J connectivity index is 1.77. The monoisotopic (exact) mass is 523 g/mol. The summed E-state index contributed by atoms with van der Waals surface area (Å²) in [7, 11) is 0. The molecule has 1 N–H and O–H groups in total. The van der Waals surface area contributed by atoms with E-state index in [1.54, 1.807) is 22.3 Å². The molecular weight excluding hydrogens is 486 g/mol. The van der Waals surface area contributed by atoms with E-state index in [-0.39, 0.29) is 18.5 Å². The van der Waals surface area contributed by atoms with Crippen LogP contribution in [0.4, 0.5) is 10.5 Å². The smallest absolute Gasteiger partial charge is 0.322 e. The maximum absolute atomic E-state index is 13.6. The van der Waals surface area contributed by atoms with Gasteiger partial charge in [0, 0.05) is 36.1 Å². The van der Waals surface area contributed by atoms with Gasteiger partial charge in [-0.1, -0.05) is 42.5 Å². The molecule has 0 saturated heterocycles. The second-order valence-electron chi connectivity index (χ2n) is 8.58. The Hall–Kier alpha value is -3.36. The third-order valence-electron chi connectivity index (χ3n) is 5.67. The normalized spacial score (nSPS) is 10.7. The Morgan fingerprint density at radius 2 is 1.65 bits per heavy atom. The molecule has 0 spiro atoms. The van der Waals surface area contributed by atoms with Crippen LogP contribution in [0.5, 0.6) is 5.75 Å². The highest BCUT2D eigenvalue weighted by Gasteiger charge is 2.23. The third-order valence-corrected chi connectivity index (χ3v) is 6.66. The predicted molar refractivity (Wildman–Crippen MR) is 149 cm³/mol. The van der Waals surface area contributed by atoms with Crippen molar-refractivity contribution in [3.05, 3.63) is 82.0 Å². The topological polar surface area (TPSA) is 71.1 Å². The van der Waals surface area contributed by atoms with Crippen LogP contribution in [-0.4, -0.2) is 54.6 Å². The lowest BCUT2D eigenvalue weighted by Gasteiger charge is -2.28. The number of ether oxygens (including phenoxy) is 2. The van der Waals surface area contributed by atoms with E-state index in [0.717, 1.165) is 10.4 Å². The van der Waals surface area contributed by atoms with Crippen molar-refractivity contribution in [1.82, 2.24) is 9.80 Å². The minimum absolute atomic E-state index is 0.0358. The van der Waals surface area contributed by atoms with Crippen molar-refractivity contribution >= 4 is 29.0 Å². The first-order chi connectivity index (χ1) is 18.0. The summed E-state index contributed by atoms with van der Waals surface area (Å²) in [5.74, 6) is 0.484. The lowest BCUT2D eigenvalue weighted by atomic mass is 10.2. The molecular formula is C29H37N3O4S. The van der Waals surface area contributed by atoms with Crippen molar-refractivity contribution in [3.8, 4) is 5.75 Å². The summed E-state index contributed by atoms with van der Waals surface area (Å²) in [6.45, 7) is 8.83. The molecule has 3 rings (SSSR count). The summed E-state index contributed by atoms with van der Waals surface area (Å²) >= 11 is 1.68. The summed E-state index contributed by atoms with van der Waals surface area (Å²) in [6.07, 6.45) is 0.629. The first-order valence-electron chi connectivity index (χ1n) is 12.7. The zero-order valence-corrected chi connectivity index (χ0v) is 22.8. The van der Waals surface area contributed by atoms with Gasteiger partial charge in [0.1, 0.15) is 12.3 Å². The highest BCUT2D eigenvalue weighted by Crippen LogP contribution is 2.24. The molecule has 198 valence electrons. The SMILES string of the molecule is CCOCCCN(CC(=O)N(Cc1ccccc1)Cc1ccc(C)s1)C(=O)Nc1ccccc1OCC. The summed E-state index contributed by atoms with van der Waals surface area (Å²) < 4.78 is 11.1. The van der Waals surface area contributed by atoms with Crippen LogP contribution in [0, 0.1) is 6.92 Å². The molecule has 1 heterocycles. The van der Waals surface area contributed by atoms with Gasteiger partial charge in [0.15, 0.2) is 0 Å². The van der Waals surface area contributed by atoms with Gasteiger partial charge in [0.05, 0.1) is 18.8 Å². The molecule has 0 bridgehead atoms. The number of para-hydroxylation sites is 2. The Morgan fingerprint density at radius 3 is 2.35 bits per heavy atom. The van der Waals surface area contributed by atoms with Crippen LogP contribution in [0.25, 0.3) is 0 Å². The third kappa shape index (κ3) is 9.22. The van der Waals surface area contributed by atoms with Crippen molar-refractivity contribution in [3.63, 3.8) is 0 Å². The Bertz CT molecular complexity index is 1120. The average molecular weight is 524 g/mol. The summed E-state index contributed by atoms with van der Waals surface area (Å²) in [4.78, 5) is 32.7. The van der Waals surface area contributed by atoms with Gasteiger partial charge in [-0.15, -0.1) is 11.3 Å². The molecule has 0 aliphatic heterocycles. The van der Waals surface area contributed by atoms with Crippen LogP contribution in [-0.2, 0) is 22.6 Å². The average Bonchev–Trinajstić information content (AvgIpc) is 3.31. The van der Waals surface area contributed by atoms with Gasteiger partial charge >= 0.3 is 6.03 Å². The van der Waals surface area contributed by atoms with Gasteiger partial charge in [0.25, 0.3) is 0 Å². The number of thiophene rings is 1. The summed E-state index contributed by atoms with van der Waals surface area (Å²) in [5.41, 5.74) is 1.62. The van der Waals surface area contributed by atoms with Crippen LogP contribution in [0.1, 0.15) is 35.6 Å². The highest BCUT2D eigenvalue weighted by atomic mass is 32.1. The van der Waals surface area contributed by atoms with Crippen molar-refractivity contribution in [2.45, 2.75) is 40.3 Å². The van der Waals surface area contributed by atoms with Crippen molar-refractivity contribution in [2.24, 2.45) is 0 Å². The summed E-state index contributed by atoms with van der Waals surface area (Å²) in [6, 6.07) is 21.0. The van der Waals surface area contributed by atoms with Crippen molar-refractivity contribution in [1.29, 1.82) is 0 Å². The van der Waals surface area contributed by atoms with E-state index in [9.17, 15) is 9.59 Å². The molecule has 0 radical (unpaired) electrons. The first kappa shape index (κ1) is 28.2. The quantitative estimate of drug-likeness (QED) is 0.265. The molecule has 0 saturated carbocycles. The van der Waals surface area contributed by atoms with Gasteiger partial charge in [-0.3, -0.25) is 4.79 Å². The van der Waals surface area contributed by atoms with Crippen molar-refractivity contribution in [2.75, 3.05) is 38.2 Å². The molecule has 3 aromatic rings. The number of nitrogens with one attached hydrogen (secondary N) is 1. The zero-order valence-electron chi connectivity index (χ0n) is 21.9. The van der Waals surface area contributed by atoms with Gasteiger partial charge < -0.3 is 24.6 Å². The van der Waals surface area contributed by atoms with Gasteiger partial charge in [0.2, 0.25) is 5.91 Å². The minimum atomic E-state index is -0.344. The van der Waals surface area contributed by atoms with Crippen LogP contribution in [0.2, 0.25) is 0 Å². The Labute approximate surface area is 224 Å². The van der Waals surface area contributed by atoms with Gasteiger partial charge in [-0.2, -0.15) is 0 Å². The molecule has 0 atom stereocenters. The zero-order chi connectivity index (χ0) is 26.5. The molecule has 0 aliphatic carbocycles. The van der Waals surface area contributed by atoms with E-state index in [1.165, 1.54) is 4.88 Å². The minimum Gasteiger partial charge on any atom is -0.492 e. The van der Waals surface area contributed by atoms with Crippen LogP contribution < -0.4 is 10.1 Å². The van der Waals surface area contributed by atoms with Crippen LogP contribution in [0.3, 0.4) is 0 Å². The van der Waals surface area contributed by atoms with E-state index in [2.05, 4.69) is 24.4 Å². The lowest BCUT2D eigenvalue weighted by molar-refractivity contribution is -0.133. The standard InChI is InChI=1S/C29H37N3O4S/c1-4-35-19-11-18-31(29(34)30-26-14-9-10-15-27(26)36-5-2)22-28(33)32(20-24-12-7-6-8-13-24)21-25-17-16-23(3)37-25/h6-10,12-17H,4-5,11,18-22H2,1-3H3,(H,30,34). The number of carbonyl (C=O) groups is 2. The number of hydrogen-bond acceptors (Lipinski definition) is 5. The molecule has 0 unspecified atom stereocenters. The predicted octanol–water partition coefficient (Wildman–Crippen LogP) is 5.94. The number of nitrogens with zero attached hydrogens (tertiary/aromatic N) is 2. The molecule has 0 aliphatic rings. The number of carbonyl (C=O) groups excluding carboxylic acids is 2. The number of rotatable bonds is 14. The van der Waals surface area contributed by atoms with E-state index < -0.39 is 0 Å². The second kappa shape index (κ2) is 15.0. The molecule has 1 aromatic heterocycles. The molecule has 0 fully saturated rings. The maximum atomic E-state index is 13.6. The molecule has 8 heteroatoms. The van der Waals surface area contributed by atoms with E-state index in [1.807, 2.05) is 67.3 Å².